The Kier molecular flexibility index (Phi) is 11.4. The highest BCUT2D eigenvalue weighted by molar-refractivity contribution is 5.72. The van der Waals surface area contributed by atoms with E-state index in [1.54, 1.807) is 6.92 Å². The number of rotatable bonds is 11. The molecule has 5 N–H and O–H groups in total. The molecule has 0 fully saturated rings. The molecule has 0 aliphatic heterocycles. The lowest BCUT2D eigenvalue weighted by Crippen LogP contribution is -2.30. The molecule has 0 aliphatic carbocycles. The van der Waals surface area contributed by atoms with Crippen molar-refractivity contribution in [2.75, 3.05) is 39.3 Å². The Bertz CT molecular complexity index is 179. The number of carbonyl (C=O) groups is 1. The van der Waals surface area contributed by atoms with Crippen LogP contribution >= 0.6 is 0 Å². The molecule has 0 aliphatic rings. The Hall–Kier alpha value is -0.650. The molecule has 0 spiro atoms. The Balaban J connectivity index is 3.55. The van der Waals surface area contributed by atoms with Crippen LogP contribution in [0.15, 0.2) is 0 Å². The van der Waals surface area contributed by atoms with Crippen molar-refractivity contribution in [1.82, 2.24) is 10.2 Å². The molecule has 0 saturated carbocycles. The normalized spacial score (nSPS) is 10.8. The third kappa shape index (κ3) is 11.6. The Morgan fingerprint density at radius 3 is 2.00 bits per heavy atom. The summed E-state index contributed by atoms with van der Waals surface area (Å²) in [7, 11) is 0. The van der Waals surface area contributed by atoms with E-state index in [1.807, 2.05) is 0 Å². The second kappa shape index (κ2) is 11.8. The second-order valence-corrected chi connectivity index (χ2v) is 4.32. The van der Waals surface area contributed by atoms with Gasteiger partial charge >= 0.3 is 0 Å². The highest BCUT2D eigenvalue weighted by Gasteiger charge is 2.03. The van der Waals surface area contributed by atoms with E-state index in [9.17, 15) is 4.79 Å². The van der Waals surface area contributed by atoms with Crippen LogP contribution in [0.25, 0.3) is 0 Å². The molecule has 0 heterocycles. The van der Waals surface area contributed by atoms with Crippen LogP contribution in [0.1, 0.15) is 32.6 Å². The van der Waals surface area contributed by atoms with E-state index in [-0.39, 0.29) is 5.91 Å². The van der Waals surface area contributed by atoms with E-state index in [4.69, 9.17) is 11.5 Å². The highest BCUT2D eigenvalue weighted by Crippen LogP contribution is 1.98. The number of nitrogens with one attached hydrogen (secondary N) is 1. The third-order valence-electron chi connectivity index (χ3n) is 2.63. The van der Waals surface area contributed by atoms with Crippen LogP contribution in [0.4, 0.5) is 0 Å². The molecule has 0 unspecified atom stereocenters. The number of nitrogens with zero attached hydrogens (tertiary/aromatic N) is 1. The lowest BCUT2D eigenvalue weighted by atomic mass is 10.2. The van der Waals surface area contributed by atoms with Crippen LogP contribution in [0.3, 0.4) is 0 Å². The number of carbonyl (C=O) groups excluding carboxylic acids is 1. The first kappa shape index (κ1) is 16.4. The predicted molar refractivity (Wildman–Crippen MR) is 71.7 cm³/mol. The van der Waals surface area contributed by atoms with Crippen molar-refractivity contribution in [2.24, 2.45) is 11.5 Å². The van der Waals surface area contributed by atoms with Crippen molar-refractivity contribution in [1.29, 1.82) is 0 Å². The highest BCUT2D eigenvalue weighted by atomic mass is 16.1. The van der Waals surface area contributed by atoms with Crippen molar-refractivity contribution in [3.8, 4) is 0 Å². The maximum atomic E-state index is 10.7. The number of nitrogens with two attached hydrogens (primary N) is 2. The fraction of sp³-hybridized carbons (Fsp3) is 0.917. The lowest BCUT2D eigenvalue weighted by molar-refractivity contribution is -0.118. The molecule has 0 bridgehead atoms. The summed E-state index contributed by atoms with van der Waals surface area (Å²) in [5.41, 5.74) is 11.0. The first-order valence-corrected chi connectivity index (χ1v) is 6.57. The number of amides is 1. The van der Waals surface area contributed by atoms with Crippen LogP contribution in [0.5, 0.6) is 0 Å². The van der Waals surface area contributed by atoms with Gasteiger partial charge < -0.3 is 21.7 Å². The van der Waals surface area contributed by atoms with E-state index in [1.165, 1.54) is 0 Å². The quantitative estimate of drug-likeness (QED) is 0.443. The Morgan fingerprint density at radius 1 is 1.00 bits per heavy atom. The second-order valence-electron chi connectivity index (χ2n) is 4.32. The van der Waals surface area contributed by atoms with Crippen molar-refractivity contribution >= 4 is 5.91 Å². The summed E-state index contributed by atoms with van der Waals surface area (Å²) < 4.78 is 0. The molecule has 102 valence electrons. The molecule has 0 rings (SSSR count). The van der Waals surface area contributed by atoms with Crippen LogP contribution in [-0.2, 0) is 4.79 Å². The lowest BCUT2D eigenvalue weighted by Gasteiger charge is -2.21. The van der Waals surface area contributed by atoms with Crippen LogP contribution in [0.2, 0.25) is 0 Å². The van der Waals surface area contributed by atoms with E-state index in [2.05, 4.69) is 10.2 Å². The average molecular weight is 244 g/mol. The summed E-state index contributed by atoms with van der Waals surface area (Å²) in [6.45, 7) is 6.98. The summed E-state index contributed by atoms with van der Waals surface area (Å²) in [6, 6.07) is 0. The summed E-state index contributed by atoms with van der Waals surface area (Å²) in [6.07, 6.45) is 4.21. The molecule has 5 nitrogen and oxygen atoms in total. The van der Waals surface area contributed by atoms with E-state index < -0.39 is 0 Å². The number of unbranched alkanes of at least 4 members (excludes halogenated alkanes) is 1. The summed E-state index contributed by atoms with van der Waals surface area (Å²) in [4.78, 5) is 13.1. The summed E-state index contributed by atoms with van der Waals surface area (Å²) >= 11 is 0. The largest absolute Gasteiger partial charge is 0.356 e. The molecular weight excluding hydrogens is 216 g/mol. The fourth-order valence-electron chi connectivity index (χ4n) is 1.69. The van der Waals surface area contributed by atoms with Gasteiger partial charge in [0.05, 0.1) is 0 Å². The van der Waals surface area contributed by atoms with Crippen LogP contribution in [0, 0.1) is 0 Å². The van der Waals surface area contributed by atoms with Gasteiger partial charge in [-0.15, -0.1) is 0 Å². The molecule has 0 radical (unpaired) electrons. The van der Waals surface area contributed by atoms with Crippen LogP contribution < -0.4 is 16.8 Å². The third-order valence-corrected chi connectivity index (χ3v) is 2.63. The SMILES string of the molecule is CC(=O)NCCCCN(CCCN)CCCN. The smallest absolute Gasteiger partial charge is 0.216 e. The first-order valence-electron chi connectivity index (χ1n) is 6.57. The summed E-state index contributed by atoms with van der Waals surface area (Å²) in [5, 5.41) is 2.81. The minimum atomic E-state index is 0.0492. The maximum absolute atomic E-state index is 10.7. The number of hydrogen-bond donors (Lipinski definition) is 3. The summed E-state index contributed by atoms with van der Waals surface area (Å²) in [5.74, 6) is 0.0492. The average Bonchev–Trinajstić information content (AvgIpc) is 2.30. The number of hydrogen-bond acceptors (Lipinski definition) is 4. The van der Waals surface area contributed by atoms with Gasteiger partial charge in [0.1, 0.15) is 0 Å². The van der Waals surface area contributed by atoms with Gasteiger partial charge in [0.25, 0.3) is 0 Å². The topological polar surface area (TPSA) is 84.4 Å². The van der Waals surface area contributed by atoms with Gasteiger partial charge in [0.15, 0.2) is 0 Å². The molecule has 0 aromatic heterocycles. The van der Waals surface area contributed by atoms with E-state index in [0.717, 1.165) is 65.0 Å². The molecule has 1 amide bonds. The first-order chi connectivity index (χ1) is 8.20. The molecular formula is C12H28N4O. The molecule has 0 saturated heterocycles. The zero-order valence-corrected chi connectivity index (χ0v) is 11.1. The van der Waals surface area contributed by atoms with Crippen molar-refractivity contribution in [3.63, 3.8) is 0 Å². The molecule has 5 heteroatoms. The van der Waals surface area contributed by atoms with Gasteiger partial charge in [0, 0.05) is 13.5 Å². The Morgan fingerprint density at radius 2 is 1.53 bits per heavy atom. The molecule has 0 aromatic carbocycles. The van der Waals surface area contributed by atoms with Gasteiger partial charge in [-0.2, -0.15) is 0 Å². The minimum absolute atomic E-state index is 0.0492. The molecule has 0 atom stereocenters. The van der Waals surface area contributed by atoms with E-state index in [0.29, 0.717) is 0 Å². The Labute approximate surface area is 105 Å². The van der Waals surface area contributed by atoms with Gasteiger partial charge in [-0.1, -0.05) is 0 Å². The van der Waals surface area contributed by atoms with Gasteiger partial charge in [-0.3, -0.25) is 4.79 Å². The van der Waals surface area contributed by atoms with Crippen molar-refractivity contribution in [2.45, 2.75) is 32.6 Å². The van der Waals surface area contributed by atoms with E-state index >= 15 is 0 Å². The maximum Gasteiger partial charge on any atom is 0.216 e. The van der Waals surface area contributed by atoms with Gasteiger partial charge in [-0.25, -0.2) is 0 Å². The minimum Gasteiger partial charge on any atom is -0.356 e. The zero-order valence-electron chi connectivity index (χ0n) is 11.1. The van der Waals surface area contributed by atoms with Gasteiger partial charge in [-0.05, 0) is 58.4 Å². The monoisotopic (exact) mass is 244 g/mol. The standard InChI is InChI=1S/C12H28N4O/c1-12(17)15-8-2-3-9-16(10-4-6-13)11-5-7-14/h2-11,13-14H2,1H3,(H,15,17). The fourth-order valence-corrected chi connectivity index (χ4v) is 1.69. The van der Waals surface area contributed by atoms with Crippen molar-refractivity contribution < 1.29 is 4.79 Å². The molecule has 17 heavy (non-hydrogen) atoms. The predicted octanol–water partition coefficient (Wildman–Crippen LogP) is -0.0977. The van der Waals surface area contributed by atoms with Crippen LogP contribution in [-0.4, -0.2) is 50.1 Å². The van der Waals surface area contributed by atoms with Gasteiger partial charge in [0.2, 0.25) is 5.91 Å². The van der Waals surface area contributed by atoms with Crippen molar-refractivity contribution in [3.05, 3.63) is 0 Å². The zero-order chi connectivity index (χ0) is 12.9. The molecule has 0 aromatic rings.